The summed E-state index contributed by atoms with van der Waals surface area (Å²) in [7, 11) is 0. The number of halogens is 4. The maximum atomic E-state index is 13.6. The second-order valence-corrected chi connectivity index (χ2v) is 9.24. The fourth-order valence-electron chi connectivity index (χ4n) is 3.84. The van der Waals surface area contributed by atoms with Gasteiger partial charge in [-0.25, -0.2) is 4.98 Å². The molecule has 32 heavy (non-hydrogen) atoms. The molecule has 1 aliphatic rings. The third-order valence-corrected chi connectivity index (χ3v) is 6.98. The van der Waals surface area contributed by atoms with Gasteiger partial charge in [0.2, 0.25) is 0 Å². The Balaban J connectivity index is 1.57. The van der Waals surface area contributed by atoms with E-state index in [2.05, 4.69) is 15.3 Å². The first-order chi connectivity index (χ1) is 15.4. The predicted octanol–water partition coefficient (Wildman–Crippen LogP) is 6.34. The van der Waals surface area contributed by atoms with Gasteiger partial charge in [0.05, 0.1) is 27.3 Å². The van der Waals surface area contributed by atoms with E-state index in [0.29, 0.717) is 39.7 Å². The molecule has 9 heteroatoms. The maximum absolute atomic E-state index is 13.6. The molecule has 0 saturated carbocycles. The summed E-state index contributed by atoms with van der Waals surface area (Å²) in [4.78, 5) is 12.1. The van der Waals surface area contributed by atoms with Crippen molar-refractivity contribution in [3.63, 3.8) is 0 Å². The maximum Gasteiger partial charge on any atom is 0.416 e. The van der Waals surface area contributed by atoms with Gasteiger partial charge in [0.15, 0.2) is 0 Å². The normalized spacial score (nSPS) is 17.1. The van der Waals surface area contributed by atoms with Gasteiger partial charge in [-0.2, -0.15) is 24.9 Å². The Morgan fingerprint density at radius 3 is 2.53 bits per heavy atom. The first-order valence-corrected chi connectivity index (χ1v) is 11.5. The van der Waals surface area contributed by atoms with Crippen molar-refractivity contribution in [2.75, 3.05) is 18.8 Å². The van der Waals surface area contributed by atoms with E-state index in [1.165, 1.54) is 6.07 Å². The number of imidazole rings is 1. The number of fused-ring (bicyclic) bond motifs is 1. The Kier molecular flexibility index (Phi) is 5.61. The largest absolute Gasteiger partial charge is 0.416 e. The summed E-state index contributed by atoms with van der Waals surface area (Å²) in [6, 6.07) is 13.4. The Labute approximate surface area is 191 Å². The van der Waals surface area contributed by atoms with Crippen LogP contribution >= 0.6 is 23.4 Å². The van der Waals surface area contributed by atoms with Gasteiger partial charge in [-0.3, -0.25) is 4.98 Å². The average Bonchev–Trinajstić information content (AvgIpc) is 3.23. The van der Waals surface area contributed by atoms with Crippen molar-refractivity contribution in [3.05, 3.63) is 70.9 Å². The highest BCUT2D eigenvalue weighted by molar-refractivity contribution is 7.99. The molecule has 5 rings (SSSR count). The van der Waals surface area contributed by atoms with E-state index < -0.39 is 11.7 Å². The number of hydrogen-bond acceptors (Lipinski definition) is 4. The summed E-state index contributed by atoms with van der Waals surface area (Å²) >= 11 is 7.89. The third kappa shape index (κ3) is 4.10. The summed E-state index contributed by atoms with van der Waals surface area (Å²) in [5, 5.41) is 3.73. The molecule has 164 valence electrons. The van der Waals surface area contributed by atoms with Crippen LogP contribution in [0.4, 0.5) is 13.2 Å². The van der Waals surface area contributed by atoms with Crippen molar-refractivity contribution in [2.45, 2.75) is 11.4 Å². The second-order valence-electron chi connectivity index (χ2n) is 7.52. The van der Waals surface area contributed by atoms with Crippen LogP contribution in [0, 0.1) is 0 Å². The number of thioether (sulfide) groups is 1. The summed E-state index contributed by atoms with van der Waals surface area (Å²) < 4.78 is 40.7. The Bertz CT molecular complexity index is 1260. The molecule has 1 aliphatic heterocycles. The van der Waals surface area contributed by atoms with Crippen LogP contribution in [0.25, 0.3) is 33.7 Å². The van der Waals surface area contributed by atoms with E-state index in [4.69, 9.17) is 16.6 Å². The molecule has 1 unspecified atom stereocenters. The molecule has 1 fully saturated rings. The molecular weight excluding hydrogens is 457 g/mol. The lowest BCUT2D eigenvalue weighted by Gasteiger charge is -2.23. The zero-order valence-electron chi connectivity index (χ0n) is 16.7. The van der Waals surface area contributed by atoms with Gasteiger partial charge in [-0.1, -0.05) is 35.9 Å². The van der Waals surface area contributed by atoms with Gasteiger partial charge in [-0.15, -0.1) is 0 Å². The van der Waals surface area contributed by atoms with Crippen LogP contribution in [0.3, 0.4) is 0 Å². The number of rotatable bonds is 3. The Morgan fingerprint density at radius 2 is 1.84 bits per heavy atom. The van der Waals surface area contributed by atoms with Crippen LogP contribution in [0.15, 0.2) is 54.7 Å². The monoisotopic (exact) mass is 474 g/mol. The highest BCUT2D eigenvalue weighted by Gasteiger charge is 2.33. The number of aromatic amines is 1. The molecule has 4 nitrogen and oxygen atoms in total. The van der Waals surface area contributed by atoms with E-state index in [1.54, 1.807) is 30.1 Å². The van der Waals surface area contributed by atoms with Crippen molar-refractivity contribution in [1.82, 2.24) is 20.3 Å². The molecule has 0 aliphatic carbocycles. The van der Waals surface area contributed by atoms with Crippen molar-refractivity contribution < 1.29 is 13.2 Å². The van der Waals surface area contributed by atoms with E-state index >= 15 is 0 Å². The highest BCUT2D eigenvalue weighted by Crippen LogP contribution is 2.40. The lowest BCUT2D eigenvalue weighted by molar-refractivity contribution is -0.137. The molecule has 0 radical (unpaired) electrons. The molecular formula is C23H18ClF3N4S. The SMILES string of the molecule is FC(F)(F)c1cc(C2CNCCS2)c2nc(-c3ccc(-c4ncccc4Cl)cc3)[nH]c2c1. The molecule has 0 bridgehead atoms. The fraction of sp³-hybridized carbons (Fsp3) is 0.217. The number of H-pyrrole nitrogens is 1. The van der Waals surface area contributed by atoms with Gasteiger partial charge < -0.3 is 10.3 Å². The fourth-order valence-corrected chi connectivity index (χ4v) is 5.21. The molecule has 0 spiro atoms. The van der Waals surface area contributed by atoms with Crippen LogP contribution in [-0.2, 0) is 6.18 Å². The van der Waals surface area contributed by atoms with Crippen molar-refractivity contribution >= 4 is 34.4 Å². The Morgan fingerprint density at radius 1 is 1.06 bits per heavy atom. The minimum absolute atomic E-state index is 0.0848. The smallest absolute Gasteiger partial charge is 0.338 e. The zero-order chi connectivity index (χ0) is 22.3. The second kappa shape index (κ2) is 8.42. The molecule has 2 N–H and O–H groups in total. The number of pyridine rings is 1. The van der Waals surface area contributed by atoms with Crippen molar-refractivity contribution in [2.24, 2.45) is 0 Å². The first-order valence-electron chi connectivity index (χ1n) is 10.0. The number of aromatic nitrogens is 3. The van der Waals surface area contributed by atoms with E-state index in [-0.39, 0.29) is 5.25 Å². The van der Waals surface area contributed by atoms with Crippen LogP contribution in [0.1, 0.15) is 16.4 Å². The van der Waals surface area contributed by atoms with E-state index in [0.717, 1.165) is 29.5 Å². The minimum atomic E-state index is -4.43. The minimum Gasteiger partial charge on any atom is -0.338 e. The number of alkyl halides is 3. The average molecular weight is 475 g/mol. The number of benzene rings is 2. The van der Waals surface area contributed by atoms with Crippen molar-refractivity contribution in [3.8, 4) is 22.6 Å². The van der Waals surface area contributed by atoms with Crippen LogP contribution in [0.5, 0.6) is 0 Å². The first kappa shape index (κ1) is 21.3. The molecule has 1 saturated heterocycles. The van der Waals surface area contributed by atoms with E-state index in [9.17, 15) is 13.2 Å². The Hall–Kier alpha value is -2.55. The van der Waals surface area contributed by atoms with Gasteiger partial charge >= 0.3 is 6.18 Å². The molecule has 4 aromatic rings. The summed E-state index contributed by atoms with van der Waals surface area (Å²) in [6.45, 7) is 1.46. The molecule has 0 amide bonds. The summed E-state index contributed by atoms with van der Waals surface area (Å²) in [5.41, 5.74) is 3.18. The zero-order valence-corrected chi connectivity index (χ0v) is 18.3. The van der Waals surface area contributed by atoms with Gasteiger partial charge in [-0.05, 0) is 29.8 Å². The summed E-state index contributed by atoms with van der Waals surface area (Å²) in [6.07, 6.45) is -2.75. The lowest BCUT2D eigenvalue weighted by atomic mass is 10.0. The topological polar surface area (TPSA) is 53.6 Å². The van der Waals surface area contributed by atoms with Gasteiger partial charge in [0.25, 0.3) is 0 Å². The van der Waals surface area contributed by atoms with Crippen molar-refractivity contribution in [1.29, 1.82) is 0 Å². The standard InChI is InChI=1S/C23H18ClF3N4S/c24-17-2-1-7-29-20(17)13-3-5-14(6-4-13)22-30-18-11-15(23(25,26)27)10-16(21(18)31-22)19-12-28-8-9-32-19/h1-7,10-11,19,28H,8-9,12H2,(H,30,31). The lowest BCUT2D eigenvalue weighted by Crippen LogP contribution is -2.28. The quantitative estimate of drug-likeness (QED) is 0.363. The molecule has 2 aromatic carbocycles. The predicted molar refractivity (Wildman–Crippen MR) is 123 cm³/mol. The van der Waals surface area contributed by atoms with Gasteiger partial charge in [0, 0.05) is 41.4 Å². The van der Waals surface area contributed by atoms with Crippen LogP contribution in [0.2, 0.25) is 5.02 Å². The van der Waals surface area contributed by atoms with E-state index in [1.807, 2.05) is 24.3 Å². The number of hydrogen-bond donors (Lipinski definition) is 2. The van der Waals surface area contributed by atoms with Crippen LogP contribution < -0.4 is 5.32 Å². The molecule has 2 aromatic heterocycles. The third-order valence-electron chi connectivity index (χ3n) is 5.41. The number of nitrogens with zero attached hydrogens (tertiary/aromatic N) is 2. The van der Waals surface area contributed by atoms with Crippen LogP contribution in [-0.4, -0.2) is 33.8 Å². The number of nitrogens with one attached hydrogen (secondary N) is 2. The van der Waals surface area contributed by atoms with Gasteiger partial charge in [0.1, 0.15) is 5.82 Å². The highest BCUT2D eigenvalue weighted by atomic mass is 35.5. The molecule has 1 atom stereocenters. The molecule has 3 heterocycles. The summed E-state index contributed by atoms with van der Waals surface area (Å²) in [5.74, 6) is 1.37.